The molecule has 2 amide bonds. The van der Waals surface area contributed by atoms with Crippen LogP contribution in [0.25, 0.3) is 0 Å². The highest BCUT2D eigenvalue weighted by atomic mass is 16.2. The van der Waals surface area contributed by atoms with Crippen LogP contribution in [0, 0.1) is 0 Å². The first-order valence-corrected chi connectivity index (χ1v) is 9.36. The summed E-state index contributed by atoms with van der Waals surface area (Å²) in [7, 11) is 4.08. The molecule has 2 aliphatic carbocycles. The molecule has 1 heterocycles. The number of hydrogen-bond acceptors (Lipinski definition) is 4. The van der Waals surface area contributed by atoms with Crippen LogP contribution < -0.4 is 0 Å². The van der Waals surface area contributed by atoms with Gasteiger partial charge in [0, 0.05) is 37.3 Å². The van der Waals surface area contributed by atoms with E-state index in [-0.39, 0.29) is 23.9 Å². The van der Waals surface area contributed by atoms with Crippen molar-refractivity contribution in [3.05, 3.63) is 0 Å². The van der Waals surface area contributed by atoms with Gasteiger partial charge in [-0.15, -0.1) is 0 Å². The molecule has 0 spiro atoms. The first kappa shape index (κ1) is 17.7. The van der Waals surface area contributed by atoms with E-state index in [2.05, 4.69) is 23.6 Å². The van der Waals surface area contributed by atoms with Gasteiger partial charge in [0.15, 0.2) is 0 Å². The number of carbonyl (C=O) groups is 2. The molecule has 136 valence electrons. The minimum absolute atomic E-state index is 0.0940. The molecule has 3 aliphatic rings. The van der Waals surface area contributed by atoms with Gasteiger partial charge in [-0.3, -0.25) is 19.4 Å². The lowest BCUT2D eigenvalue weighted by atomic mass is 10.1. The average Bonchev–Trinajstić information content (AvgIpc) is 3.40. The van der Waals surface area contributed by atoms with E-state index in [4.69, 9.17) is 0 Å². The van der Waals surface area contributed by atoms with Crippen LogP contribution in [-0.2, 0) is 9.59 Å². The molecule has 0 aromatic rings. The molecule has 3 rings (SSSR count). The van der Waals surface area contributed by atoms with Crippen LogP contribution in [0.2, 0.25) is 0 Å². The summed E-state index contributed by atoms with van der Waals surface area (Å²) < 4.78 is 0. The fraction of sp³-hybridized carbons (Fsp3) is 0.889. The van der Waals surface area contributed by atoms with Gasteiger partial charge in [-0.1, -0.05) is 0 Å². The Balaban J connectivity index is 1.52. The van der Waals surface area contributed by atoms with E-state index in [9.17, 15) is 9.59 Å². The summed E-state index contributed by atoms with van der Waals surface area (Å²) in [4.78, 5) is 33.5. The normalized spacial score (nSPS) is 27.9. The van der Waals surface area contributed by atoms with Crippen molar-refractivity contribution in [3.8, 4) is 0 Å². The summed E-state index contributed by atoms with van der Waals surface area (Å²) >= 11 is 0. The second-order valence-electron chi connectivity index (χ2n) is 8.08. The summed E-state index contributed by atoms with van der Waals surface area (Å²) in [5, 5.41) is 0. The van der Waals surface area contributed by atoms with Crippen molar-refractivity contribution in [2.45, 2.75) is 63.7 Å². The smallest absolute Gasteiger partial charge is 0.237 e. The van der Waals surface area contributed by atoms with E-state index in [1.807, 2.05) is 23.9 Å². The molecule has 0 radical (unpaired) electrons. The van der Waals surface area contributed by atoms with Crippen LogP contribution in [0.5, 0.6) is 0 Å². The molecular weight excluding hydrogens is 304 g/mol. The Labute approximate surface area is 145 Å². The molecule has 1 saturated heterocycles. The molecule has 1 aliphatic heterocycles. The standard InChI is InChI=1S/C18H32N4O2/c1-13-9-22(18(24)12-20(4)16-7-8-16)14(2)10-21(13)17(23)11-19(3)15-5-6-15/h13-16H,5-12H2,1-4H3/t13-,14+. The molecule has 24 heavy (non-hydrogen) atoms. The van der Waals surface area contributed by atoms with Crippen LogP contribution in [-0.4, -0.2) is 95.9 Å². The zero-order valence-electron chi connectivity index (χ0n) is 15.6. The van der Waals surface area contributed by atoms with E-state index in [0.29, 0.717) is 38.3 Å². The summed E-state index contributed by atoms with van der Waals surface area (Å²) in [6.45, 7) is 6.42. The summed E-state index contributed by atoms with van der Waals surface area (Å²) in [6.07, 6.45) is 4.86. The van der Waals surface area contributed by atoms with E-state index in [1.54, 1.807) is 0 Å². The SMILES string of the molecule is C[C@@H]1CN(C(=O)CN(C)C2CC2)[C@@H](C)CN1C(=O)CN(C)C1CC1. The molecule has 0 aromatic carbocycles. The van der Waals surface area contributed by atoms with E-state index in [0.717, 1.165) is 0 Å². The largest absolute Gasteiger partial charge is 0.335 e. The maximum absolute atomic E-state index is 12.6. The Hall–Kier alpha value is -1.14. The predicted octanol–water partition coefficient (Wildman–Crippen LogP) is 0.623. The average molecular weight is 336 g/mol. The highest BCUT2D eigenvalue weighted by molar-refractivity contribution is 5.81. The third kappa shape index (κ3) is 4.09. The highest BCUT2D eigenvalue weighted by Gasteiger charge is 2.37. The number of amides is 2. The maximum atomic E-state index is 12.6. The van der Waals surface area contributed by atoms with Gasteiger partial charge in [-0.05, 0) is 53.6 Å². The van der Waals surface area contributed by atoms with Gasteiger partial charge >= 0.3 is 0 Å². The second kappa shape index (κ2) is 7.00. The van der Waals surface area contributed by atoms with Crippen molar-refractivity contribution < 1.29 is 9.59 Å². The third-order valence-electron chi connectivity index (χ3n) is 5.74. The molecule has 6 heteroatoms. The van der Waals surface area contributed by atoms with Crippen LogP contribution in [0.1, 0.15) is 39.5 Å². The van der Waals surface area contributed by atoms with Gasteiger partial charge in [-0.25, -0.2) is 0 Å². The van der Waals surface area contributed by atoms with Crippen molar-refractivity contribution in [3.63, 3.8) is 0 Å². The van der Waals surface area contributed by atoms with E-state index >= 15 is 0 Å². The summed E-state index contributed by atoms with van der Waals surface area (Å²) in [5.74, 6) is 0.400. The minimum Gasteiger partial charge on any atom is -0.335 e. The molecule has 0 bridgehead atoms. The summed E-state index contributed by atoms with van der Waals surface area (Å²) in [5.41, 5.74) is 0. The van der Waals surface area contributed by atoms with Crippen LogP contribution in [0.3, 0.4) is 0 Å². The third-order valence-corrected chi connectivity index (χ3v) is 5.74. The maximum Gasteiger partial charge on any atom is 0.237 e. The Morgan fingerprint density at radius 3 is 1.42 bits per heavy atom. The number of piperazine rings is 1. The lowest BCUT2D eigenvalue weighted by Crippen LogP contribution is -2.61. The molecule has 0 N–H and O–H groups in total. The van der Waals surface area contributed by atoms with Crippen LogP contribution in [0.15, 0.2) is 0 Å². The number of carbonyl (C=O) groups excluding carboxylic acids is 2. The first-order chi connectivity index (χ1) is 11.4. The van der Waals surface area contributed by atoms with Gasteiger partial charge in [0.2, 0.25) is 11.8 Å². The summed E-state index contributed by atoms with van der Waals surface area (Å²) in [6, 6.07) is 1.39. The van der Waals surface area contributed by atoms with E-state index < -0.39 is 0 Å². The molecule has 2 saturated carbocycles. The van der Waals surface area contributed by atoms with Gasteiger partial charge in [0.05, 0.1) is 13.1 Å². The fourth-order valence-corrected chi connectivity index (χ4v) is 3.72. The predicted molar refractivity (Wildman–Crippen MR) is 93.7 cm³/mol. The zero-order chi connectivity index (χ0) is 17.4. The van der Waals surface area contributed by atoms with Crippen molar-refractivity contribution in [1.29, 1.82) is 0 Å². The monoisotopic (exact) mass is 336 g/mol. The molecule has 0 aromatic heterocycles. The number of hydrogen-bond donors (Lipinski definition) is 0. The number of rotatable bonds is 6. The number of nitrogens with zero attached hydrogens (tertiary/aromatic N) is 4. The Morgan fingerprint density at radius 2 is 1.12 bits per heavy atom. The molecular formula is C18H32N4O2. The highest BCUT2D eigenvalue weighted by Crippen LogP contribution is 2.26. The molecule has 2 atom stereocenters. The van der Waals surface area contributed by atoms with E-state index in [1.165, 1.54) is 25.7 Å². The van der Waals surface area contributed by atoms with Gasteiger partial charge in [0.1, 0.15) is 0 Å². The first-order valence-electron chi connectivity index (χ1n) is 9.36. The lowest BCUT2D eigenvalue weighted by molar-refractivity contribution is -0.146. The molecule has 3 fully saturated rings. The molecule has 6 nitrogen and oxygen atoms in total. The zero-order valence-corrected chi connectivity index (χ0v) is 15.6. The van der Waals surface area contributed by atoms with Gasteiger partial charge < -0.3 is 9.80 Å². The van der Waals surface area contributed by atoms with Crippen molar-refractivity contribution >= 4 is 11.8 Å². The Morgan fingerprint density at radius 1 is 0.792 bits per heavy atom. The Kier molecular flexibility index (Phi) is 5.16. The van der Waals surface area contributed by atoms with Crippen molar-refractivity contribution in [2.75, 3.05) is 40.3 Å². The molecule has 0 unspecified atom stereocenters. The minimum atomic E-state index is 0.0940. The topological polar surface area (TPSA) is 47.1 Å². The quantitative estimate of drug-likeness (QED) is 0.714. The Bertz CT molecular complexity index is 445. The lowest BCUT2D eigenvalue weighted by Gasteiger charge is -2.45. The number of likely N-dealkylation sites (N-methyl/N-ethyl adjacent to an activating group) is 2. The van der Waals surface area contributed by atoms with Crippen LogP contribution >= 0.6 is 0 Å². The van der Waals surface area contributed by atoms with Gasteiger partial charge in [-0.2, -0.15) is 0 Å². The van der Waals surface area contributed by atoms with Gasteiger partial charge in [0.25, 0.3) is 0 Å². The van der Waals surface area contributed by atoms with Crippen molar-refractivity contribution in [1.82, 2.24) is 19.6 Å². The van der Waals surface area contributed by atoms with Crippen LogP contribution in [0.4, 0.5) is 0 Å². The fourth-order valence-electron chi connectivity index (χ4n) is 3.72. The van der Waals surface area contributed by atoms with Crippen molar-refractivity contribution in [2.24, 2.45) is 0 Å². The second-order valence-corrected chi connectivity index (χ2v) is 8.08.